The van der Waals surface area contributed by atoms with E-state index in [-0.39, 0.29) is 17.7 Å². The van der Waals surface area contributed by atoms with E-state index in [0.29, 0.717) is 16.0 Å². The largest absolute Gasteiger partial charge is 0.534 e. The number of hydrogen-bond acceptors (Lipinski definition) is 6. The maximum Gasteiger partial charge on any atom is 0.534 e. The van der Waals surface area contributed by atoms with Crippen molar-refractivity contribution in [2.24, 2.45) is 0 Å². The number of ether oxygens (including phenoxy) is 1. The smallest absolute Gasteiger partial charge is 0.462 e. The lowest BCUT2D eigenvalue weighted by molar-refractivity contribution is -0.0509. The van der Waals surface area contributed by atoms with Gasteiger partial charge in [0.15, 0.2) is 5.76 Å². The quantitative estimate of drug-likeness (QED) is 0.245. The van der Waals surface area contributed by atoms with Gasteiger partial charge in [-0.1, -0.05) is 30.0 Å². The molecule has 2 aromatic rings. The van der Waals surface area contributed by atoms with Gasteiger partial charge in [0.2, 0.25) is 0 Å². The van der Waals surface area contributed by atoms with Crippen LogP contribution in [0.5, 0.6) is 0 Å². The van der Waals surface area contributed by atoms with Crippen LogP contribution in [-0.4, -0.2) is 31.2 Å². The Bertz CT molecular complexity index is 1270. The van der Waals surface area contributed by atoms with Crippen LogP contribution >= 0.6 is 11.8 Å². The predicted molar refractivity (Wildman–Crippen MR) is 119 cm³/mol. The Kier molecular flexibility index (Phi) is 6.86. The minimum absolute atomic E-state index is 0.0912. The third-order valence-corrected chi connectivity index (χ3v) is 6.77. The number of carbonyl (C=O) groups excluding carboxylic acids is 1. The van der Waals surface area contributed by atoms with Crippen LogP contribution in [-0.2, 0) is 19.0 Å². The van der Waals surface area contributed by atoms with Crippen LogP contribution in [0, 0.1) is 11.8 Å². The first-order valence-corrected chi connectivity index (χ1v) is 11.9. The fraction of sp³-hybridized carbons (Fsp3) is 0.261. The first-order chi connectivity index (χ1) is 15.4. The summed E-state index contributed by atoms with van der Waals surface area (Å²) in [5, 5.41) is 0. The highest BCUT2D eigenvalue weighted by molar-refractivity contribution is 8.01. The number of halogens is 3. The highest BCUT2D eigenvalue weighted by Gasteiger charge is 2.50. The monoisotopic (exact) mass is 496 g/mol. The fourth-order valence-corrected chi connectivity index (χ4v) is 4.67. The molecule has 5 nitrogen and oxygen atoms in total. The van der Waals surface area contributed by atoms with Gasteiger partial charge < -0.3 is 8.92 Å². The molecule has 0 fully saturated rings. The van der Waals surface area contributed by atoms with Gasteiger partial charge in [-0.15, -0.1) is 11.8 Å². The number of hydrogen-bond donors (Lipinski definition) is 0. The molecule has 0 aliphatic carbocycles. The summed E-state index contributed by atoms with van der Waals surface area (Å²) in [4.78, 5) is 12.4. The average molecular weight is 497 g/mol. The van der Waals surface area contributed by atoms with E-state index in [9.17, 15) is 26.4 Å². The number of fused-ring (bicyclic) bond motifs is 1. The van der Waals surface area contributed by atoms with Crippen LogP contribution in [0.1, 0.15) is 42.3 Å². The summed E-state index contributed by atoms with van der Waals surface area (Å²) in [5.41, 5.74) is -4.51. The molecular formula is C23H19F3O5S2. The molecule has 0 atom stereocenters. The van der Waals surface area contributed by atoms with Crippen molar-refractivity contribution in [3.8, 4) is 11.8 Å². The Balaban J connectivity index is 2.11. The van der Waals surface area contributed by atoms with Gasteiger partial charge in [0.25, 0.3) is 0 Å². The molecule has 1 aliphatic rings. The van der Waals surface area contributed by atoms with Crippen LogP contribution in [0.2, 0.25) is 0 Å². The third kappa shape index (κ3) is 5.37. The molecule has 1 aliphatic heterocycles. The molecule has 10 heteroatoms. The number of esters is 1. The molecule has 0 saturated heterocycles. The van der Waals surface area contributed by atoms with E-state index in [1.165, 1.54) is 30.0 Å². The van der Waals surface area contributed by atoms with Gasteiger partial charge in [-0.3, -0.25) is 0 Å². The molecule has 174 valence electrons. The van der Waals surface area contributed by atoms with E-state index in [4.69, 9.17) is 4.74 Å². The molecule has 0 aromatic heterocycles. The van der Waals surface area contributed by atoms with E-state index < -0.39 is 32.1 Å². The second kappa shape index (κ2) is 9.15. The number of benzene rings is 2. The molecule has 0 amide bonds. The molecule has 3 rings (SSSR count). The summed E-state index contributed by atoms with van der Waals surface area (Å²) in [6.45, 7) is 5.34. The van der Waals surface area contributed by atoms with Gasteiger partial charge in [0.1, 0.15) is 0 Å². The normalized spacial score (nSPS) is 15.2. The topological polar surface area (TPSA) is 69.7 Å². The molecule has 0 N–H and O–H groups in total. The van der Waals surface area contributed by atoms with Crippen molar-refractivity contribution in [3.05, 3.63) is 70.8 Å². The molecule has 2 aromatic carbocycles. The van der Waals surface area contributed by atoms with Crippen molar-refractivity contribution >= 4 is 33.6 Å². The fourth-order valence-electron chi connectivity index (χ4n) is 2.97. The predicted octanol–water partition coefficient (Wildman–Crippen LogP) is 5.38. The lowest BCUT2D eigenvalue weighted by Crippen LogP contribution is -2.29. The minimum Gasteiger partial charge on any atom is -0.462 e. The molecule has 1 heterocycles. The third-order valence-electron chi connectivity index (χ3n) is 4.53. The second-order valence-electron chi connectivity index (χ2n) is 7.34. The summed E-state index contributed by atoms with van der Waals surface area (Å²) in [7, 11) is -5.91. The Labute approximate surface area is 194 Å². The Morgan fingerprint density at radius 1 is 1.06 bits per heavy atom. The van der Waals surface area contributed by atoms with E-state index in [1.807, 2.05) is 0 Å². The maximum absolute atomic E-state index is 13.1. The van der Waals surface area contributed by atoms with E-state index in [1.54, 1.807) is 51.1 Å². The number of carbonyl (C=O) groups is 1. The van der Waals surface area contributed by atoms with Crippen LogP contribution in [0.4, 0.5) is 13.2 Å². The SMILES string of the molecule is CCOC(=O)c1ccc(C#CC2=C(OS(=O)(=O)C(F)(F)F)c3ccccc3SC2(C)C)cc1. The van der Waals surface area contributed by atoms with Crippen molar-refractivity contribution in [3.63, 3.8) is 0 Å². The summed E-state index contributed by atoms with van der Waals surface area (Å²) < 4.78 is 71.6. The van der Waals surface area contributed by atoms with Gasteiger partial charge in [-0.2, -0.15) is 21.6 Å². The summed E-state index contributed by atoms with van der Waals surface area (Å²) in [6, 6.07) is 12.6. The van der Waals surface area contributed by atoms with Crippen molar-refractivity contribution in [1.29, 1.82) is 0 Å². The van der Waals surface area contributed by atoms with E-state index >= 15 is 0 Å². The van der Waals surface area contributed by atoms with E-state index in [2.05, 4.69) is 16.0 Å². The number of thioether (sulfide) groups is 1. The zero-order chi connectivity index (χ0) is 24.4. The highest BCUT2D eigenvalue weighted by atomic mass is 32.2. The maximum atomic E-state index is 13.1. The summed E-state index contributed by atoms with van der Waals surface area (Å²) in [5.74, 6) is 4.68. The van der Waals surface area contributed by atoms with Gasteiger partial charge in [-0.05, 0) is 51.1 Å². The van der Waals surface area contributed by atoms with Gasteiger partial charge in [0, 0.05) is 16.0 Å². The number of rotatable bonds is 4. The standard InChI is InChI=1S/C23H19F3O5S2/c1-4-30-21(27)16-12-9-15(10-13-16)11-14-18-20(31-33(28,29)23(24,25)26)17-7-5-6-8-19(17)32-22(18,2)3/h5-10,12-13H,4H2,1-3H3. The van der Waals surface area contributed by atoms with Crippen molar-refractivity contribution in [2.45, 2.75) is 35.9 Å². The van der Waals surface area contributed by atoms with Gasteiger partial charge in [0.05, 0.1) is 22.5 Å². The van der Waals surface area contributed by atoms with Crippen LogP contribution in [0.15, 0.2) is 59.0 Å². The lowest BCUT2D eigenvalue weighted by Gasteiger charge is -2.32. The van der Waals surface area contributed by atoms with E-state index in [0.717, 1.165) is 0 Å². The molecule has 0 saturated carbocycles. The Hall–Kier alpha value is -2.90. The first kappa shape index (κ1) is 24.7. The highest BCUT2D eigenvalue weighted by Crippen LogP contribution is 2.49. The Morgan fingerprint density at radius 3 is 2.30 bits per heavy atom. The molecule has 0 spiro atoms. The zero-order valence-corrected chi connectivity index (χ0v) is 19.5. The second-order valence-corrected chi connectivity index (χ2v) is 10.5. The van der Waals surface area contributed by atoms with Crippen molar-refractivity contribution in [2.75, 3.05) is 6.61 Å². The molecule has 0 bridgehead atoms. The molecule has 0 unspecified atom stereocenters. The average Bonchev–Trinajstić information content (AvgIpc) is 2.72. The first-order valence-electron chi connectivity index (χ1n) is 9.69. The van der Waals surface area contributed by atoms with Crippen molar-refractivity contribution in [1.82, 2.24) is 0 Å². The molecule has 33 heavy (non-hydrogen) atoms. The van der Waals surface area contributed by atoms with Crippen LogP contribution < -0.4 is 0 Å². The number of alkyl halides is 3. The molecule has 0 radical (unpaired) electrons. The minimum atomic E-state index is -5.91. The van der Waals surface area contributed by atoms with Crippen LogP contribution in [0.25, 0.3) is 5.76 Å². The Morgan fingerprint density at radius 2 is 1.70 bits per heavy atom. The van der Waals surface area contributed by atoms with Crippen LogP contribution in [0.3, 0.4) is 0 Å². The summed E-state index contributed by atoms with van der Waals surface area (Å²) in [6.07, 6.45) is 0. The van der Waals surface area contributed by atoms with Gasteiger partial charge >= 0.3 is 21.6 Å². The zero-order valence-electron chi connectivity index (χ0n) is 17.8. The van der Waals surface area contributed by atoms with Gasteiger partial charge in [-0.25, -0.2) is 4.79 Å². The lowest BCUT2D eigenvalue weighted by atomic mass is 9.96. The molecular weight excluding hydrogens is 477 g/mol. The summed E-state index contributed by atoms with van der Waals surface area (Å²) >= 11 is 1.33. The van der Waals surface area contributed by atoms with Crippen molar-refractivity contribution < 1.29 is 35.3 Å².